The predicted molar refractivity (Wildman–Crippen MR) is 71.4 cm³/mol. The van der Waals surface area contributed by atoms with Crippen LogP contribution in [0.15, 0.2) is 30.3 Å². The molecule has 1 saturated heterocycles. The van der Waals surface area contributed by atoms with E-state index in [1.165, 1.54) is 12.8 Å². The number of carbonyl (C=O) groups is 2. The molecule has 1 heterocycles. The fourth-order valence-electron chi connectivity index (χ4n) is 2.53. The average molecular weight is 258 g/mol. The first-order valence-corrected chi connectivity index (χ1v) is 6.84. The molecule has 0 aromatic heterocycles. The van der Waals surface area contributed by atoms with E-state index in [4.69, 9.17) is 0 Å². The van der Waals surface area contributed by atoms with Crippen molar-refractivity contribution in [1.82, 2.24) is 10.2 Å². The average Bonchev–Trinajstić information content (AvgIpc) is 3.20. The summed E-state index contributed by atoms with van der Waals surface area (Å²) in [5, 5.41) is 2.81. The third-order valence-electron chi connectivity index (χ3n) is 3.74. The molecule has 1 N–H and O–H groups in total. The lowest BCUT2D eigenvalue weighted by atomic mass is 10.0. The Balaban J connectivity index is 1.69. The zero-order valence-corrected chi connectivity index (χ0v) is 10.8. The van der Waals surface area contributed by atoms with Crippen LogP contribution >= 0.6 is 0 Å². The highest BCUT2D eigenvalue weighted by Crippen LogP contribution is 2.30. The van der Waals surface area contributed by atoms with E-state index in [1.807, 2.05) is 30.3 Å². The molecule has 2 amide bonds. The number of benzene rings is 1. The van der Waals surface area contributed by atoms with Crippen LogP contribution in [0.5, 0.6) is 0 Å². The molecule has 0 spiro atoms. The standard InChI is InChI=1S/C15H18N2O2/c18-14-10-17(9-12-6-7-12)15(19)13(16-14)8-11-4-2-1-3-5-11/h1-5,12-13H,6-10H2,(H,16,18). The molecule has 1 aliphatic heterocycles. The molecule has 4 nitrogen and oxygen atoms in total. The minimum absolute atomic E-state index is 0.0406. The number of hydrogen-bond acceptors (Lipinski definition) is 2. The first kappa shape index (κ1) is 12.2. The van der Waals surface area contributed by atoms with Crippen molar-refractivity contribution in [3.63, 3.8) is 0 Å². The first-order chi connectivity index (χ1) is 9.22. The van der Waals surface area contributed by atoms with Crippen molar-refractivity contribution in [2.24, 2.45) is 5.92 Å². The van der Waals surface area contributed by atoms with Crippen molar-refractivity contribution in [1.29, 1.82) is 0 Å². The maximum absolute atomic E-state index is 12.3. The number of rotatable bonds is 4. The van der Waals surface area contributed by atoms with Crippen LogP contribution in [-0.4, -0.2) is 35.8 Å². The third kappa shape index (κ3) is 2.95. The van der Waals surface area contributed by atoms with Gasteiger partial charge in [0.25, 0.3) is 0 Å². The van der Waals surface area contributed by atoms with Crippen LogP contribution in [0.3, 0.4) is 0 Å². The molecule has 1 saturated carbocycles. The monoisotopic (exact) mass is 258 g/mol. The van der Waals surface area contributed by atoms with Crippen molar-refractivity contribution >= 4 is 11.8 Å². The molecule has 100 valence electrons. The summed E-state index contributed by atoms with van der Waals surface area (Å²) >= 11 is 0. The van der Waals surface area contributed by atoms with Crippen LogP contribution in [-0.2, 0) is 16.0 Å². The Kier molecular flexibility index (Phi) is 3.23. The Morgan fingerprint density at radius 2 is 1.89 bits per heavy atom. The Bertz CT molecular complexity index is 482. The van der Waals surface area contributed by atoms with E-state index in [-0.39, 0.29) is 18.4 Å². The Labute approximate surface area is 112 Å². The van der Waals surface area contributed by atoms with E-state index < -0.39 is 6.04 Å². The fraction of sp³-hybridized carbons (Fsp3) is 0.467. The molecule has 3 rings (SSSR count). The minimum Gasteiger partial charge on any atom is -0.342 e. The smallest absolute Gasteiger partial charge is 0.245 e. The van der Waals surface area contributed by atoms with Crippen molar-refractivity contribution < 1.29 is 9.59 Å². The molecule has 4 heteroatoms. The van der Waals surface area contributed by atoms with Crippen LogP contribution < -0.4 is 5.32 Å². The van der Waals surface area contributed by atoms with Gasteiger partial charge < -0.3 is 10.2 Å². The summed E-state index contributed by atoms with van der Waals surface area (Å²) < 4.78 is 0. The second kappa shape index (κ2) is 5.03. The van der Waals surface area contributed by atoms with E-state index in [0.717, 1.165) is 12.1 Å². The minimum atomic E-state index is -0.401. The SMILES string of the molecule is O=C1CN(CC2CC2)C(=O)C(Cc2ccccc2)N1. The van der Waals surface area contributed by atoms with Crippen LogP contribution in [0, 0.1) is 5.92 Å². The van der Waals surface area contributed by atoms with Crippen LogP contribution in [0.1, 0.15) is 18.4 Å². The summed E-state index contributed by atoms with van der Waals surface area (Å²) in [6, 6.07) is 9.42. The molecule has 0 radical (unpaired) electrons. The van der Waals surface area contributed by atoms with Crippen LogP contribution in [0.25, 0.3) is 0 Å². The highest BCUT2D eigenvalue weighted by atomic mass is 16.2. The Hall–Kier alpha value is -1.84. The number of nitrogens with zero attached hydrogens (tertiary/aromatic N) is 1. The molecule has 0 bridgehead atoms. The van der Waals surface area contributed by atoms with Gasteiger partial charge in [0.05, 0.1) is 6.54 Å². The van der Waals surface area contributed by atoms with Gasteiger partial charge in [-0.15, -0.1) is 0 Å². The Morgan fingerprint density at radius 3 is 2.58 bits per heavy atom. The summed E-state index contributed by atoms with van der Waals surface area (Å²) in [6.45, 7) is 0.970. The van der Waals surface area contributed by atoms with E-state index in [1.54, 1.807) is 4.90 Å². The van der Waals surface area contributed by atoms with Crippen molar-refractivity contribution in [3.05, 3.63) is 35.9 Å². The van der Waals surface area contributed by atoms with Gasteiger partial charge in [0.2, 0.25) is 11.8 Å². The van der Waals surface area contributed by atoms with E-state index >= 15 is 0 Å². The van der Waals surface area contributed by atoms with Gasteiger partial charge in [-0.3, -0.25) is 9.59 Å². The largest absolute Gasteiger partial charge is 0.342 e. The second-order valence-corrected chi connectivity index (χ2v) is 5.47. The van der Waals surface area contributed by atoms with Gasteiger partial charge in [0, 0.05) is 13.0 Å². The van der Waals surface area contributed by atoms with Crippen molar-refractivity contribution in [2.45, 2.75) is 25.3 Å². The highest BCUT2D eigenvalue weighted by Gasteiger charge is 2.35. The lowest BCUT2D eigenvalue weighted by molar-refractivity contribution is -0.144. The fourth-order valence-corrected chi connectivity index (χ4v) is 2.53. The van der Waals surface area contributed by atoms with Gasteiger partial charge in [-0.2, -0.15) is 0 Å². The molecular weight excluding hydrogens is 240 g/mol. The maximum Gasteiger partial charge on any atom is 0.245 e. The van der Waals surface area contributed by atoms with Crippen molar-refractivity contribution in [3.8, 4) is 0 Å². The molecule has 1 aromatic carbocycles. The molecule has 19 heavy (non-hydrogen) atoms. The summed E-state index contributed by atoms with van der Waals surface area (Å²) in [5.41, 5.74) is 1.08. The lowest BCUT2D eigenvalue weighted by Crippen LogP contribution is -2.59. The molecule has 1 aromatic rings. The number of hydrogen-bond donors (Lipinski definition) is 1. The summed E-state index contributed by atoms with van der Waals surface area (Å²) in [4.78, 5) is 25.8. The van der Waals surface area contributed by atoms with Gasteiger partial charge in [-0.1, -0.05) is 30.3 Å². The topological polar surface area (TPSA) is 49.4 Å². The number of piperazine rings is 1. The second-order valence-electron chi connectivity index (χ2n) is 5.47. The van der Waals surface area contributed by atoms with E-state index in [0.29, 0.717) is 12.3 Å². The number of carbonyl (C=O) groups excluding carboxylic acids is 2. The third-order valence-corrected chi connectivity index (χ3v) is 3.74. The van der Waals surface area contributed by atoms with Gasteiger partial charge in [0.1, 0.15) is 6.04 Å². The Morgan fingerprint density at radius 1 is 1.16 bits per heavy atom. The summed E-state index contributed by atoms with van der Waals surface area (Å²) in [5.74, 6) is 0.642. The van der Waals surface area contributed by atoms with Gasteiger partial charge in [0.15, 0.2) is 0 Å². The lowest BCUT2D eigenvalue weighted by Gasteiger charge is -2.32. The van der Waals surface area contributed by atoms with Gasteiger partial charge >= 0.3 is 0 Å². The normalized spacial score (nSPS) is 23.4. The van der Waals surface area contributed by atoms with Crippen molar-refractivity contribution in [2.75, 3.05) is 13.1 Å². The van der Waals surface area contributed by atoms with Gasteiger partial charge in [-0.25, -0.2) is 0 Å². The predicted octanol–water partition coefficient (Wildman–Crippen LogP) is 0.966. The van der Waals surface area contributed by atoms with Crippen LogP contribution in [0.4, 0.5) is 0 Å². The molecule has 2 aliphatic rings. The van der Waals surface area contributed by atoms with E-state index in [9.17, 15) is 9.59 Å². The molecule has 1 unspecified atom stereocenters. The van der Waals surface area contributed by atoms with E-state index in [2.05, 4.69) is 5.32 Å². The molecule has 2 fully saturated rings. The molecule has 1 atom stereocenters. The maximum atomic E-state index is 12.3. The quantitative estimate of drug-likeness (QED) is 0.874. The highest BCUT2D eigenvalue weighted by molar-refractivity contribution is 5.95. The zero-order valence-electron chi connectivity index (χ0n) is 10.8. The molecule has 1 aliphatic carbocycles. The number of amides is 2. The zero-order chi connectivity index (χ0) is 13.2. The molecular formula is C15H18N2O2. The number of nitrogens with one attached hydrogen (secondary N) is 1. The summed E-state index contributed by atoms with van der Waals surface area (Å²) in [6.07, 6.45) is 2.95. The van der Waals surface area contributed by atoms with Crippen LogP contribution in [0.2, 0.25) is 0 Å². The van der Waals surface area contributed by atoms with Gasteiger partial charge in [-0.05, 0) is 24.3 Å². The summed E-state index contributed by atoms with van der Waals surface area (Å²) in [7, 11) is 0. The first-order valence-electron chi connectivity index (χ1n) is 6.84.